The van der Waals surface area contributed by atoms with E-state index < -0.39 is 5.92 Å². The van der Waals surface area contributed by atoms with Crippen LogP contribution in [0.4, 0.5) is 8.78 Å². The molecule has 2 aliphatic carbocycles. The lowest BCUT2D eigenvalue weighted by Gasteiger charge is -2.35. The first-order chi connectivity index (χ1) is 7.64. The Balaban J connectivity index is 1.69. The van der Waals surface area contributed by atoms with Gasteiger partial charge in [-0.25, -0.2) is 13.8 Å². The van der Waals surface area contributed by atoms with Crippen LogP contribution in [0.3, 0.4) is 0 Å². The number of halogens is 2. The zero-order chi connectivity index (χ0) is 11.2. The zero-order valence-corrected chi connectivity index (χ0v) is 9.25. The fourth-order valence-electron chi connectivity index (χ4n) is 2.88. The summed E-state index contributed by atoms with van der Waals surface area (Å²) in [5, 5.41) is 0. The van der Waals surface area contributed by atoms with Crippen molar-refractivity contribution in [2.24, 2.45) is 5.92 Å². The summed E-state index contributed by atoms with van der Waals surface area (Å²) in [6.45, 7) is 0.734. The maximum atomic E-state index is 12.7. The zero-order valence-electron chi connectivity index (χ0n) is 9.25. The van der Waals surface area contributed by atoms with Gasteiger partial charge >= 0.3 is 0 Å². The van der Waals surface area contributed by atoms with Crippen LogP contribution in [-0.2, 0) is 19.4 Å². The summed E-state index contributed by atoms with van der Waals surface area (Å²) in [7, 11) is 0. The lowest BCUT2D eigenvalue weighted by molar-refractivity contribution is -0.114. The van der Waals surface area contributed by atoms with Crippen molar-refractivity contribution < 1.29 is 8.78 Å². The van der Waals surface area contributed by atoms with Crippen LogP contribution in [0.2, 0.25) is 0 Å². The molecule has 0 bridgehead atoms. The van der Waals surface area contributed by atoms with Crippen molar-refractivity contribution >= 4 is 0 Å². The highest BCUT2D eigenvalue weighted by Crippen LogP contribution is 2.43. The second kappa shape index (κ2) is 3.54. The highest BCUT2D eigenvalue weighted by atomic mass is 19.3. The normalized spacial score (nSPS) is 23.9. The number of alkyl halides is 2. The van der Waals surface area contributed by atoms with E-state index in [0.29, 0.717) is 0 Å². The lowest BCUT2D eigenvalue weighted by Crippen LogP contribution is -2.37. The molecule has 0 aromatic carbocycles. The van der Waals surface area contributed by atoms with Gasteiger partial charge in [0.25, 0.3) is 0 Å². The van der Waals surface area contributed by atoms with Crippen molar-refractivity contribution in [1.82, 2.24) is 9.55 Å². The maximum Gasteiger partial charge on any atom is 0.248 e. The summed E-state index contributed by atoms with van der Waals surface area (Å²) in [6.07, 6.45) is 6.50. The minimum Gasteiger partial charge on any atom is -0.334 e. The molecule has 1 heterocycles. The van der Waals surface area contributed by atoms with Gasteiger partial charge in [-0.1, -0.05) is 0 Å². The molecule has 88 valence electrons. The molecule has 1 fully saturated rings. The van der Waals surface area contributed by atoms with Crippen molar-refractivity contribution in [3.05, 3.63) is 17.7 Å². The van der Waals surface area contributed by atoms with E-state index >= 15 is 0 Å². The Bertz CT molecular complexity index is 390. The molecule has 3 rings (SSSR count). The predicted octanol–water partition coefficient (Wildman–Crippen LogP) is 2.81. The molecule has 2 aliphatic rings. The average molecular weight is 226 g/mol. The summed E-state index contributed by atoms with van der Waals surface area (Å²) in [6, 6.07) is 0. The van der Waals surface area contributed by atoms with Crippen molar-refractivity contribution in [3.63, 3.8) is 0 Å². The summed E-state index contributed by atoms with van der Waals surface area (Å²) in [4.78, 5) is 4.38. The molecule has 0 atom stereocenters. The van der Waals surface area contributed by atoms with E-state index in [9.17, 15) is 8.78 Å². The number of hydrogen-bond acceptors (Lipinski definition) is 1. The van der Waals surface area contributed by atoms with Gasteiger partial charge in [-0.05, 0) is 31.6 Å². The SMILES string of the molecule is FC1(F)CC(Cn2cnc3c2CCCC3)C1. The van der Waals surface area contributed by atoms with Crippen molar-refractivity contribution in [2.45, 2.75) is 51.0 Å². The Morgan fingerprint density at radius 3 is 2.81 bits per heavy atom. The first-order valence-corrected chi connectivity index (χ1v) is 6.05. The number of nitrogens with zero attached hydrogens (tertiary/aromatic N) is 2. The average Bonchev–Trinajstić information content (AvgIpc) is 2.59. The number of aryl methyl sites for hydroxylation is 1. The standard InChI is InChI=1S/C12H16F2N2/c13-12(14)5-9(6-12)7-16-8-15-10-3-1-2-4-11(10)16/h8-9H,1-7H2. The van der Waals surface area contributed by atoms with Gasteiger partial charge < -0.3 is 4.57 Å². The van der Waals surface area contributed by atoms with Gasteiger partial charge in [0.2, 0.25) is 5.92 Å². The van der Waals surface area contributed by atoms with Crippen LogP contribution in [0.1, 0.15) is 37.1 Å². The third kappa shape index (κ3) is 1.74. The number of fused-ring (bicyclic) bond motifs is 1. The summed E-state index contributed by atoms with van der Waals surface area (Å²) >= 11 is 0. The Kier molecular flexibility index (Phi) is 2.26. The molecule has 4 heteroatoms. The monoisotopic (exact) mass is 226 g/mol. The molecule has 16 heavy (non-hydrogen) atoms. The minimum atomic E-state index is -2.40. The molecule has 0 saturated heterocycles. The Hall–Kier alpha value is -0.930. The van der Waals surface area contributed by atoms with Gasteiger partial charge in [0.15, 0.2) is 0 Å². The largest absolute Gasteiger partial charge is 0.334 e. The van der Waals surface area contributed by atoms with Gasteiger partial charge in [0.05, 0.1) is 12.0 Å². The van der Waals surface area contributed by atoms with Crippen LogP contribution in [0, 0.1) is 5.92 Å². The Morgan fingerprint density at radius 1 is 1.31 bits per heavy atom. The van der Waals surface area contributed by atoms with Crippen molar-refractivity contribution in [2.75, 3.05) is 0 Å². The van der Waals surface area contributed by atoms with Crippen molar-refractivity contribution in [1.29, 1.82) is 0 Å². The van der Waals surface area contributed by atoms with Gasteiger partial charge in [-0.3, -0.25) is 0 Å². The summed E-state index contributed by atoms with van der Waals surface area (Å²) in [5.41, 5.74) is 2.49. The second-order valence-electron chi connectivity index (χ2n) is 5.13. The smallest absolute Gasteiger partial charge is 0.248 e. The molecular weight excluding hydrogens is 210 g/mol. The lowest BCUT2D eigenvalue weighted by atomic mass is 9.81. The Morgan fingerprint density at radius 2 is 2.06 bits per heavy atom. The molecule has 1 saturated carbocycles. The summed E-state index contributed by atoms with van der Waals surface area (Å²) in [5.74, 6) is -2.25. The van der Waals surface area contributed by atoms with Crippen LogP contribution in [-0.4, -0.2) is 15.5 Å². The molecule has 0 amide bonds. The van der Waals surface area contributed by atoms with Crippen LogP contribution >= 0.6 is 0 Å². The second-order valence-corrected chi connectivity index (χ2v) is 5.13. The van der Waals surface area contributed by atoms with E-state index in [-0.39, 0.29) is 18.8 Å². The van der Waals surface area contributed by atoms with Crippen LogP contribution in [0.5, 0.6) is 0 Å². The molecule has 0 radical (unpaired) electrons. The highest BCUT2D eigenvalue weighted by Gasteiger charge is 2.45. The third-order valence-electron chi connectivity index (χ3n) is 3.74. The number of rotatable bonds is 2. The van der Waals surface area contributed by atoms with E-state index in [1.54, 1.807) is 0 Å². The summed E-state index contributed by atoms with van der Waals surface area (Å²) < 4.78 is 27.6. The fourth-order valence-corrected chi connectivity index (χ4v) is 2.88. The van der Waals surface area contributed by atoms with Crippen LogP contribution in [0.25, 0.3) is 0 Å². The molecule has 0 aliphatic heterocycles. The fraction of sp³-hybridized carbons (Fsp3) is 0.750. The van der Waals surface area contributed by atoms with Crippen molar-refractivity contribution in [3.8, 4) is 0 Å². The number of hydrogen-bond donors (Lipinski definition) is 0. The quantitative estimate of drug-likeness (QED) is 0.758. The topological polar surface area (TPSA) is 17.8 Å². The molecule has 1 aromatic rings. The van der Waals surface area contributed by atoms with Gasteiger partial charge in [-0.2, -0.15) is 0 Å². The predicted molar refractivity (Wildman–Crippen MR) is 56.5 cm³/mol. The molecule has 1 aromatic heterocycles. The molecule has 0 spiro atoms. The van der Waals surface area contributed by atoms with Crippen LogP contribution < -0.4 is 0 Å². The maximum absolute atomic E-state index is 12.7. The van der Waals surface area contributed by atoms with Gasteiger partial charge in [0, 0.05) is 25.1 Å². The van der Waals surface area contributed by atoms with E-state index in [2.05, 4.69) is 9.55 Å². The number of aromatic nitrogens is 2. The molecular formula is C12H16F2N2. The molecule has 0 unspecified atom stereocenters. The number of imidazole rings is 1. The van der Waals surface area contributed by atoms with E-state index in [0.717, 1.165) is 19.4 Å². The third-order valence-corrected chi connectivity index (χ3v) is 3.74. The van der Waals surface area contributed by atoms with E-state index in [4.69, 9.17) is 0 Å². The first kappa shape index (κ1) is 10.2. The van der Waals surface area contributed by atoms with Gasteiger partial charge in [0.1, 0.15) is 0 Å². The van der Waals surface area contributed by atoms with E-state index in [1.807, 2.05) is 6.33 Å². The molecule has 2 nitrogen and oxygen atoms in total. The molecule has 0 N–H and O–H groups in total. The van der Waals surface area contributed by atoms with Gasteiger partial charge in [-0.15, -0.1) is 0 Å². The van der Waals surface area contributed by atoms with E-state index in [1.165, 1.54) is 24.2 Å². The van der Waals surface area contributed by atoms with Crippen LogP contribution in [0.15, 0.2) is 6.33 Å². The first-order valence-electron chi connectivity index (χ1n) is 6.05. The highest BCUT2D eigenvalue weighted by molar-refractivity contribution is 5.16. The minimum absolute atomic E-state index is 0.0555. The Labute approximate surface area is 93.7 Å².